The zero-order chi connectivity index (χ0) is 13.2. The van der Waals surface area contributed by atoms with Crippen LogP contribution in [0.15, 0.2) is 60.7 Å². The highest BCUT2D eigenvalue weighted by Gasteiger charge is 2.44. The molecule has 1 amide bonds. The van der Waals surface area contributed by atoms with Gasteiger partial charge in [-0.25, -0.2) is 0 Å². The van der Waals surface area contributed by atoms with Crippen molar-refractivity contribution in [2.45, 2.75) is 19.1 Å². The van der Waals surface area contributed by atoms with Gasteiger partial charge >= 0.3 is 0 Å². The van der Waals surface area contributed by atoms with Crippen LogP contribution in [0.2, 0.25) is 0 Å². The van der Waals surface area contributed by atoms with E-state index in [1.165, 1.54) is 0 Å². The summed E-state index contributed by atoms with van der Waals surface area (Å²) in [6.07, 6.45) is -0.303. The van der Waals surface area contributed by atoms with Crippen molar-refractivity contribution in [3.63, 3.8) is 0 Å². The normalized spacial score (nSPS) is 20.9. The molecule has 96 valence electrons. The summed E-state index contributed by atoms with van der Waals surface area (Å²) in [5.41, 5.74) is 1.72. The van der Waals surface area contributed by atoms with Crippen molar-refractivity contribution in [1.29, 1.82) is 0 Å². The Labute approximate surface area is 112 Å². The summed E-state index contributed by atoms with van der Waals surface area (Å²) >= 11 is 0. The lowest BCUT2D eigenvalue weighted by Gasteiger charge is -2.22. The molecule has 3 heteroatoms. The Morgan fingerprint density at radius 2 is 1.37 bits per heavy atom. The van der Waals surface area contributed by atoms with E-state index in [1.807, 2.05) is 67.6 Å². The quantitative estimate of drug-likeness (QED) is 0.787. The molecule has 3 rings (SSSR count). The van der Waals surface area contributed by atoms with Crippen molar-refractivity contribution >= 4 is 17.3 Å². The van der Waals surface area contributed by atoms with Gasteiger partial charge in [0.15, 0.2) is 6.10 Å². The first-order chi connectivity index (χ1) is 9.27. The fraction of sp³-hybridized carbons (Fsp3) is 0.188. The highest BCUT2D eigenvalue weighted by atomic mass is 16.6. The van der Waals surface area contributed by atoms with Crippen molar-refractivity contribution in [1.82, 2.24) is 0 Å². The van der Waals surface area contributed by atoms with Crippen molar-refractivity contribution in [2.75, 3.05) is 4.90 Å². The van der Waals surface area contributed by atoms with Crippen molar-refractivity contribution < 1.29 is 9.53 Å². The zero-order valence-electron chi connectivity index (χ0n) is 10.7. The highest BCUT2D eigenvalue weighted by molar-refractivity contribution is 6.04. The third-order valence-corrected chi connectivity index (χ3v) is 3.20. The first-order valence-corrected chi connectivity index (χ1v) is 6.37. The average molecular weight is 253 g/mol. The maximum absolute atomic E-state index is 12.5. The summed E-state index contributed by atoms with van der Waals surface area (Å²) in [5, 5.41) is 0. The number of nitrogens with zero attached hydrogens (tertiary/aromatic N) is 1. The number of amides is 1. The molecule has 0 radical (unpaired) electrons. The van der Waals surface area contributed by atoms with Gasteiger partial charge in [0, 0.05) is 11.4 Å². The third kappa shape index (κ3) is 2.37. The predicted octanol–water partition coefficient (Wildman–Crippen LogP) is 3.14. The van der Waals surface area contributed by atoms with E-state index >= 15 is 0 Å². The maximum atomic E-state index is 12.5. The molecule has 0 aromatic heterocycles. The summed E-state index contributed by atoms with van der Waals surface area (Å²) in [7, 11) is 0. The SMILES string of the molecule is C[C@@H]1O[C@H]1C(=O)N(c1ccccc1)c1ccccc1. The smallest absolute Gasteiger partial charge is 0.263 e. The van der Waals surface area contributed by atoms with Crippen LogP contribution in [0.4, 0.5) is 11.4 Å². The second-order valence-corrected chi connectivity index (χ2v) is 4.61. The monoisotopic (exact) mass is 253 g/mol. The van der Waals surface area contributed by atoms with Crippen LogP contribution in [0, 0.1) is 0 Å². The molecule has 0 aliphatic carbocycles. The minimum atomic E-state index is -0.319. The lowest BCUT2D eigenvalue weighted by Crippen LogP contribution is -2.30. The fourth-order valence-electron chi connectivity index (χ4n) is 2.13. The second-order valence-electron chi connectivity index (χ2n) is 4.61. The number of hydrogen-bond acceptors (Lipinski definition) is 2. The molecule has 2 aromatic carbocycles. The summed E-state index contributed by atoms with van der Waals surface area (Å²) < 4.78 is 5.31. The van der Waals surface area contributed by atoms with E-state index in [4.69, 9.17) is 4.74 Å². The molecule has 1 aliphatic rings. The number of epoxide rings is 1. The molecular weight excluding hydrogens is 238 g/mol. The van der Waals surface area contributed by atoms with Gasteiger partial charge in [0.05, 0.1) is 6.10 Å². The van der Waals surface area contributed by atoms with Crippen LogP contribution in [0.3, 0.4) is 0 Å². The maximum Gasteiger partial charge on any atom is 0.263 e. The molecule has 2 aromatic rings. The molecule has 0 saturated carbocycles. The molecule has 1 heterocycles. The van der Waals surface area contributed by atoms with Gasteiger partial charge in [-0.3, -0.25) is 9.69 Å². The average Bonchev–Trinajstić information content (AvgIpc) is 3.19. The number of carbonyl (C=O) groups excluding carboxylic acids is 1. The molecule has 1 fully saturated rings. The summed E-state index contributed by atoms with van der Waals surface area (Å²) in [6.45, 7) is 1.91. The molecule has 0 unspecified atom stereocenters. The van der Waals surface area contributed by atoms with Crippen molar-refractivity contribution in [2.24, 2.45) is 0 Å². The van der Waals surface area contributed by atoms with Gasteiger partial charge in [-0.2, -0.15) is 0 Å². The van der Waals surface area contributed by atoms with Gasteiger partial charge < -0.3 is 4.74 Å². The first-order valence-electron chi connectivity index (χ1n) is 6.37. The number of ether oxygens (including phenoxy) is 1. The van der Waals surface area contributed by atoms with Gasteiger partial charge in [-0.05, 0) is 31.2 Å². The Bertz CT molecular complexity index is 528. The van der Waals surface area contributed by atoms with Gasteiger partial charge in [-0.1, -0.05) is 36.4 Å². The standard InChI is InChI=1S/C16H15NO2/c1-12-15(19-12)16(18)17(13-8-4-2-5-9-13)14-10-6-3-7-11-14/h2-12,15H,1H3/t12-,15+/m0/s1. The van der Waals surface area contributed by atoms with Gasteiger partial charge in [-0.15, -0.1) is 0 Å². The number of anilines is 2. The minimum absolute atomic E-state index is 0.00935. The Balaban J connectivity index is 1.99. The Kier molecular flexibility index (Phi) is 3.05. The van der Waals surface area contributed by atoms with Gasteiger partial charge in [0.1, 0.15) is 0 Å². The third-order valence-electron chi connectivity index (χ3n) is 3.20. The number of benzene rings is 2. The molecule has 3 nitrogen and oxygen atoms in total. The van der Waals surface area contributed by atoms with E-state index in [-0.39, 0.29) is 18.1 Å². The molecule has 0 spiro atoms. The van der Waals surface area contributed by atoms with E-state index in [0.717, 1.165) is 11.4 Å². The summed E-state index contributed by atoms with van der Waals surface area (Å²) in [5.74, 6) is -0.00935. The van der Waals surface area contributed by atoms with Crippen LogP contribution in [-0.4, -0.2) is 18.1 Å². The van der Waals surface area contributed by atoms with Crippen LogP contribution in [0.1, 0.15) is 6.92 Å². The summed E-state index contributed by atoms with van der Waals surface area (Å²) in [6, 6.07) is 19.3. The number of carbonyl (C=O) groups is 1. The molecule has 0 bridgehead atoms. The Morgan fingerprint density at radius 3 is 1.74 bits per heavy atom. The van der Waals surface area contributed by atoms with Crippen LogP contribution < -0.4 is 4.90 Å². The van der Waals surface area contributed by atoms with Crippen molar-refractivity contribution in [3.05, 3.63) is 60.7 Å². The van der Waals surface area contributed by atoms with E-state index in [0.29, 0.717) is 0 Å². The molecule has 19 heavy (non-hydrogen) atoms. The fourth-order valence-corrected chi connectivity index (χ4v) is 2.13. The Hall–Kier alpha value is -2.13. The van der Waals surface area contributed by atoms with Gasteiger partial charge in [0.2, 0.25) is 0 Å². The minimum Gasteiger partial charge on any atom is -0.359 e. The van der Waals surface area contributed by atoms with E-state index < -0.39 is 0 Å². The predicted molar refractivity (Wildman–Crippen MR) is 74.4 cm³/mol. The lowest BCUT2D eigenvalue weighted by molar-refractivity contribution is -0.119. The number of hydrogen-bond donors (Lipinski definition) is 0. The van der Waals surface area contributed by atoms with Crippen molar-refractivity contribution in [3.8, 4) is 0 Å². The molecule has 1 aliphatic heterocycles. The van der Waals surface area contributed by atoms with E-state index in [1.54, 1.807) is 4.90 Å². The van der Waals surface area contributed by atoms with Gasteiger partial charge in [0.25, 0.3) is 5.91 Å². The lowest BCUT2D eigenvalue weighted by atomic mass is 10.2. The topological polar surface area (TPSA) is 32.8 Å². The summed E-state index contributed by atoms with van der Waals surface area (Å²) in [4.78, 5) is 14.2. The van der Waals surface area contributed by atoms with E-state index in [2.05, 4.69) is 0 Å². The zero-order valence-corrected chi connectivity index (χ0v) is 10.7. The van der Waals surface area contributed by atoms with E-state index in [9.17, 15) is 4.79 Å². The molecule has 0 N–H and O–H groups in total. The number of rotatable bonds is 3. The van der Waals surface area contributed by atoms with Crippen LogP contribution in [-0.2, 0) is 9.53 Å². The number of para-hydroxylation sites is 2. The Morgan fingerprint density at radius 1 is 0.947 bits per heavy atom. The molecule has 2 atom stereocenters. The largest absolute Gasteiger partial charge is 0.359 e. The van der Waals surface area contributed by atoms with Crippen LogP contribution >= 0.6 is 0 Å². The second kappa shape index (κ2) is 4.86. The first kappa shape index (κ1) is 11.9. The van der Waals surface area contributed by atoms with Crippen LogP contribution in [0.5, 0.6) is 0 Å². The molecule has 1 saturated heterocycles. The van der Waals surface area contributed by atoms with Crippen LogP contribution in [0.25, 0.3) is 0 Å². The molecular formula is C16H15NO2. The highest BCUT2D eigenvalue weighted by Crippen LogP contribution is 2.31.